The Kier molecular flexibility index (Phi) is 4.98. The molecule has 1 atom stereocenters. The highest BCUT2D eigenvalue weighted by Crippen LogP contribution is 2.19. The Hall–Kier alpha value is -0.390. The Morgan fingerprint density at radius 1 is 1.22 bits per heavy atom. The van der Waals surface area contributed by atoms with Crippen LogP contribution in [0.1, 0.15) is 27.7 Å². The van der Waals surface area contributed by atoms with Crippen LogP contribution in [0, 0.1) is 0 Å². The Bertz CT molecular complexity index is 489. The van der Waals surface area contributed by atoms with Gasteiger partial charge in [0.05, 0.1) is 10.1 Å². The van der Waals surface area contributed by atoms with Gasteiger partial charge in [-0.1, -0.05) is 15.9 Å². The quantitative estimate of drug-likeness (QED) is 0.921. The summed E-state index contributed by atoms with van der Waals surface area (Å²) < 4.78 is 25.5. The lowest BCUT2D eigenvalue weighted by Gasteiger charge is -2.23. The van der Waals surface area contributed by atoms with E-state index in [2.05, 4.69) is 21.2 Å². The van der Waals surface area contributed by atoms with Gasteiger partial charge in [0.15, 0.2) is 9.84 Å². The van der Waals surface area contributed by atoms with Gasteiger partial charge in [0.2, 0.25) is 0 Å². The number of hydrogen-bond acceptors (Lipinski definition) is 3. The zero-order valence-corrected chi connectivity index (χ0v) is 13.6. The third-order valence-electron chi connectivity index (χ3n) is 2.59. The second-order valence-corrected chi connectivity index (χ2v) is 8.72. The van der Waals surface area contributed by atoms with E-state index in [1.165, 1.54) is 0 Å². The van der Waals surface area contributed by atoms with Crippen LogP contribution in [0.25, 0.3) is 0 Å². The van der Waals surface area contributed by atoms with Crippen LogP contribution < -0.4 is 5.32 Å². The first-order chi connectivity index (χ1) is 8.13. The summed E-state index contributed by atoms with van der Waals surface area (Å²) in [6, 6.07) is 6.76. The highest BCUT2D eigenvalue weighted by atomic mass is 79.9. The Morgan fingerprint density at radius 3 is 2.17 bits per heavy atom. The van der Waals surface area contributed by atoms with E-state index in [0.29, 0.717) is 11.4 Å². The van der Waals surface area contributed by atoms with E-state index in [4.69, 9.17) is 0 Å². The minimum absolute atomic E-state index is 0.0799. The largest absolute Gasteiger partial charge is 0.311 e. The van der Waals surface area contributed by atoms with E-state index >= 15 is 0 Å². The van der Waals surface area contributed by atoms with Crippen molar-refractivity contribution in [2.75, 3.05) is 6.54 Å². The van der Waals surface area contributed by atoms with Crippen LogP contribution >= 0.6 is 15.9 Å². The summed E-state index contributed by atoms with van der Waals surface area (Å²) in [4.78, 5) is 0.369. The fourth-order valence-electron chi connectivity index (χ4n) is 1.42. The molecule has 0 fully saturated rings. The van der Waals surface area contributed by atoms with Crippen molar-refractivity contribution in [1.29, 1.82) is 0 Å². The standard InChI is InChI=1S/C13H20BrNO2S/c1-10(9-15-13(2,3)4)18(16,17)12-7-5-11(14)6-8-12/h5-8,10,15H,9H2,1-4H3. The molecular formula is C13H20BrNO2S. The van der Waals surface area contributed by atoms with Crippen LogP contribution in [0.5, 0.6) is 0 Å². The van der Waals surface area contributed by atoms with Gasteiger partial charge < -0.3 is 5.32 Å². The second-order valence-electron chi connectivity index (χ2n) is 5.44. The van der Waals surface area contributed by atoms with Crippen molar-refractivity contribution in [2.45, 2.75) is 43.4 Å². The average Bonchev–Trinajstić information content (AvgIpc) is 2.25. The predicted molar refractivity (Wildman–Crippen MR) is 78.5 cm³/mol. The molecule has 0 heterocycles. The molecule has 1 unspecified atom stereocenters. The fraction of sp³-hybridized carbons (Fsp3) is 0.538. The van der Waals surface area contributed by atoms with Gasteiger partial charge in [-0.25, -0.2) is 8.42 Å². The maximum atomic E-state index is 12.3. The third-order valence-corrected chi connectivity index (χ3v) is 5.28. The summed E-state index contributed by atoms with van der Waals surface area (Å²) in [6.07, 6.45) is 0. The van der Waals surface area contributed by atoms with Gasteiger partial charge in [-0.05, 0) is 52.0 Å². The lowest BCUT2D eigenvalue weighted by molar-refractivity contribution is 0.425. The Morgan fingerprint density at radius 2 is 1.72 bits per heavy atom. The minimum atomic E-state index is -3.26. The van der Waals surface area contributed by atoms with E-state index < -0.39 is 15.1 Å². The SMILES string of the molecule is CC(CNC(C)(C)C)S(=O)(=O)c1ccc(Br)cc1. The predicted octanol–water partition coefficient (Wildman–Crippen LogP) is 3.00. The van der Waals surface area contributed by atoms with E-state index in [0.717, 1.165) is 4.47 Å². The Labute approximate surface area is 118 Å². The van der Waals surface area contributed by atoms with Gasteiger partial charge >= 0.3 is 0 Å². The zero-order chi connectivity index (χ0) is 14.0. The maximum absolute atomic E-state index is 12.3. The summed E-state index contributed by atoms with van der Waals surface area (Å²) in [5, 5.41) is 2.77. The summed E-state index contributed by atoms with van der Waals surface area (Å²) >= 11 is 3.30. The van der Waals surface area contributed by atoms with Crippen molar-refractivity contribution in [3.05, 3.63) is 28.7 Å². The molecule has 0 aromatic heterocycles. The van der Waals surface area contributed by atoms with E-state index in [1.54, 1.807) is 31.2 Å². The first kappa shape index (κ1) is 15.7. The minimum Gasteiger partial charge on any atom is -0.311 e. The number of hydrogen-bond donors (Lipinski definition) is 1. The molecule has 1 rings (SSSR count). The molecule has 0 amide bonds. The molecule has 0 radical (unpaired) electrons. The van der Waals surface area contributed by atoms with Gasteiger partial charge in [0.1, 0.15) is 0 Å². The summed E-state index contributed by atoms with van der Waals surface area (Å²) in [7, 11) is -3.26. The number of sulfone groups is 1. The fourth-order valence-corrected chi connectivity index (χ4v) is 2.96. The molecule has 18 heavy (non-hydrogen) atoms. The Balaban J connectivity index is 2.83. The highest BCUT2D eigenvalue weighted by molar-refractivity contribution is 9.10. The topological polar surface area (TPSA) is 46.2 Å². The lowest BCUT2D eigenvalue weighted by atomic mass is 10.1. The molecule has 0 aliphatic heterocycles. The molecule has 0 saturated carbocycles. The van der Waals surface area contributed by atoms with Gasteiger partial charge in [0, 0.05) is 16.6 Å². The molecule has 0 saturated heterocycles. The molecular weight excluding hydrogens is 314 g/mol. The van der Waals surface area contributed by atoms with Crippen molar-refractivity contribution in [3.63, 3.8) is 0 Å². The second kappa shape index (κ2) is 5.72. The molecule has 3 nitrogen and oxygen atoms in total. The van der Waals surface area contributed by atoms with Crippen LogP contribution in [0.3, 0.4) is 0 Å². The van der Waals surface area contributed by atoms with Crippen molar-refractivity contribution >= 4 is 25.8 Å². The average molecular weight is 334 g/mol. The van der Waals surface area contributed by atoms with Gasteiger partial charge in [-0.15, -0.1) is 0 Å². The normalized spacial score (nSPS) is 14.5. The van der Waals surface area contributed by atoms with E-state index in [1.807, 2.05) is 20.8 Å². The van der Waals surface area contributed by atoms with Crippen LogP contribution in [-0.2, 0) is 9.84 Å². The van der Waals surface area contributed by atoms with Crippen LogP contribution in [0.4, 0.5) is 0 Å². The van der Waals surface area contributed by atoms with Gasteiger partial charge in [0.25, 0.3) is 0 Å². The smallest absolute Gasteiger partial charge is 0.182 e. The van der Waals surface area contributed by atoms with Crippen molar-refractivity contribution < 1.29 is 8.42 Å². The highest BCUT2D eigenvalue weighted by Gasteiger charge is 2.24. The van der Waals surface area contributed by atoms with Crippen molar-refractivity contribution in [2.24, 2.45) is 0 Å². The molecule has 102 valence electrons. The van der Waals surface area contributed by atoms with Crippen LogP contribution in [0.2, 0.25) is 0 Å². The van der Waals surface area contributed by atoms with Crippen molar-refractivity contribution in [3.8, 4) is 0 Å². The molecule has 1 aromatic carbocycles. The van der Waals surface area contributed by atoms with Crippen LogP contribution in [-0.4, -0.2) is 25.8 Å². The van der Waals surface area contributed by atoms with Crippen molar-refractivity contribution in [1.82, 2.24) is 5.32 Å². The summed E-state index contributed by atoms with van der Waals surface area (Å²) in [5.41, 5.74) is -0.0799. The summed E-state index contributed by atoms with van der Waals surface area (Å²) in [6.45, 7) is 8.24. The molecule has 0 spiro atoms. The van der Waals surface area contributed by atoms with Gasteiger partial charge in [-0.3, -0.25) is 0 Å². The lowest BCUT2D eigenvalue weighted by Crippen LogP contribution is -2.42. The monoisotopic (exact) mass is 333 g/mol. The molecule has 0 bridgehead atoms. The zero-order valence-electron chi connectivity index (χ0n) is 11.2. The molecule has 1 N–H and O–H groups in total. The van der Waals surface area contributed by atoms with E-state index in [9.17, 15) is 8.42 Å². The van der Waals surface area contributed by atoms with Crippen LogP contribution in [0.15, 0.2) is 33.6 Å². The summed E-state index contributed by atoms with van der Waals surface area (Å²) in [5.74, 6) is 0. The molecule has 0 aliphatic rings. The number of nitrogens with one attached hydrogen (secondary N) is 1. The number of rotatable bonds is 4. The van der Waals surface area contributed by atoms with E-state index in [-0.39, 0.29) is 5.54 Å². The number of benzene rings is 1. The molecule has 5 heteroatoms. The third kappa shape index (κ3) is 4.37. The number of halogens is 1. The molecule has 0 aliphatic carbocycles. The first-order valence-corrected chi connectivity index (χ1v) is 8.21. The first-order valence-electron chi connectivity index (χ1n) is 5.87. The van der Waals surface area contributed by atoms with Gasteiger partial charge in [-0.2, -0.15) is 0 Å². The molecule has 1 aromatic rings. The maximum Gasteiger partial charge on any atom is 0.182 e.